The summed E-state index contributed by atoms with van der Waals surface area (Å²) in [7, 11) is 0. The van der Waals surface area contributed by atoms with Gasteiger partial charge in [-0.3, -0.25) is 4.79 Å². The second-order valence-corrected chi connectivity index (χ2v) is 5.90. The second-order valence-electron chi connectivity index (χ2n) is 5.90. The minimum Gasteiger partial charge on any atom is -0.354 e. The summed E-state index contributed by atoms with van der Waals surface area (Å²) < 4.78 is 0. The molecule has 1 unspecified atom stereocenters. The Bertz CT molecular complexity index is 217. The third-order valence-electron chi connectivity index (χ3n) is 3.26. The summed E-state index contributed by atoms with van der Waals surface area (Å²) in [5.74, 6) is 1.09. The molecule has 3 N–H and O–H groups in total. The van der Waals surface area contributed by atoms with Crippen LogP contribution in [0, 0.1) is 11.8 Å². The van der Waals surface area contributed by atoms with Crippen LogP contribution in [0.15, 0.2) is 0 Å². The molecule has 0 radical (unpaired) electrons. The van der Waals surface area contributed by atoms with Gasteiger partial charge in [0.15, 0.2) is 0 Å². The van der Waals surface area contributed by atoms with Crippen LogP contribution in [-0.2, 0) is 4.79 Å². The van der Waals surface area contributed by atoms with Crippen molar-refractivity contribution in [2.75, 3.05) is 6.54 Å². The number of nitrogens with two attached hydrogens (primary N) is 1. The standard InChI is InChI=1S/C15H32N2O/c1-5-6-7-8-13(4)17-15(18)10-14(11-16)9-12(2)3/h12-14H,5-11,16H2,1-4H3,(H,17,18)/t13?,14-/m0/s1. The van der Waals surface area contributed by atoms with E-state index >= 15 is 0 Å². The van der Waals surface area contributed by atoms with E-state index < -0.39 is 0 Å². The zero-order valence-electron chi connectivity index (χ0n) is 12.7. The van der Waals surface area contributed by atoms with Crippen molar-refractivity contribution in [2.45, 2.75) is 72.3 Å². The minimum atomic E-state index is 0.162. The van der Waals surface area contributed by atoms with Gasteiger partial charge in [-0.1, -0.05) is 40.0 Å². The Morgan fingerprint density at radius 1 is 1.22 bits per heavy atom. The van der Waals surface area contributed by atoms with Crippen LogP contribution in [0.1, 0.15) is 66.2 Å². The Kier molecular flexibility index (Phi) is 10.0. The third-order valence-corrected chi connectivity index (χ3v) is 3.26. The monoisotopic (exact) mass is 256 g/mol. The largest absolute Gasteiger partial charge is 0.354 e. The van der Waals surface area contributed by atoms with Gasteiger partial charge in [0.2, 0.25) is 5.91 Å². The molecule has 0 aliphatic rings. The van der Waals surface area contributed by atoms with E-state index in [1.54, 1.807) is 0 Å². The van der Waals surface area contributed by atoms with Crippen molar-refractivity contribution in [2.24, 2.45) is 17.6 Å². The molecular formula is C15H32N2O. The highest BCUT2D eigenvalue weighted by Gasteiger charge is 2.15. The van der Waals surface area contributed by atoms with Crippen LogP contribution in [0.5, 0.6) is 0 Å². The van der Waals surface area contributed by atoms with E-state index in [-0.39, 0.29) is 5.91 Å². The lowest BCUT2D eigenvalue weighted by Crippen LogP contribution is -2.35. The molecule has 0 aromatic heterocycles. The molecule has 0 spiro atoms. The van der Waals surface area contributed by atoms with Crippen molar-refractivity contribution < 1.29 is 4.79 Å². The quantitative estimate of drug-likeness (QED) is 0.590. The zero-order valence-corrected chi connectivity index (χ0v) is 12.7. The molecule has 0 bridgehead atoms. The van der Waals surface area contributed by atoms with Gasteiger partial charge < -0.3 is 11.1 Å². The lowest BCUT2D eigenvalue weighted by Gasteiger charge is -2.19. The fourth-order valence-electron chi connectivity index (χ4n) is 2.30. The molecule has 0 fully saturated rings. The number of carbonyl (C=O) groups excluding carboxylic acids is 1. The number of unbranched alkanes of at least 4 members (excludes halogenated alkanes) is 2. The van der Waals surface area contributed by atoms with Crippen molar-refractivity contribution in [1.29, 1.82) is 0 Å². The molecule has 3 heteroatoms. The van der Waals surface area contributed by atoms with Gasteiger partial charge in [0.05, 0.1) is 0 Å². The maximum Gasteiger partial charge on any atom is 0.220 e. The highest BCUT2D eigenvalue weighted by molar-refractivity contribution is 5.76. The smallest absolute Gasteiger partial charge is 0.220 e. The first-order chi connectivity index (χ1) is 8.49. The maximum atomic E-state index is 11.9. The summed E-state index contributed by atoms with van der Waals surface area (Å²) in [5, 5.41) is 3.08. The first kappa shape index (κ1) is 17.4. The van der Waals surface area contributed by atoms with E-state index in [1.807, 2.05) is 0 Å². The van der Waals surface area contributed by atoms with E-state index in [4.69, 9.17) is 5.73 Å². The predicted molar refractivity (Wildman–Crippen MR) is 78.4 cm³/mol. The van der Waals surface area contributed by atoms with E-state index in [1.165, 1.54) is 19.3 Å². The molecule has 0 aromatic carbocycles. The van der Waals surface area contributed by atoms with Gasteiger partial charge in [0.25, 0.3) is 0 Å². The summed E-state index contributed by atoms with van der Waals surface area (Å²) >= 11 is 0. The molecule has 0 heterocycles. The van der Waals surface area contributed by atoms with Gasteiger partial charge in [-0.15, -0.1) is 0 Å². The molecule has 0 saturated carbocycles. The van der Waals surface area contributed by atoms with Gasteiger partial charge in [0.1, 0.15) is 0 Å². The molecule has 108 valence electrons. The molecule has 3 nitrogen and oxygen atoms in total. The lowest BCUT2D eigenvalue weighted by molar-refractivity contribution is -0.122. The van der Waals surface area contributed by atoms with Crippen LogP contribution in [0.4, 0.5) is 0 Å². The summed E-state index contributed by atoms with van der Waals surface area (Å²) in [6, 6.07) is 0.293. The fraction of sp³-hybridized carbons (Fsp3) is 0.933. The molecule has 1 amide bonds. The maximum absolute atomic E-state index is 11.9. The first-order valence-electron chi connectivity index (χ1n) is 7.49. The Morgan fingerprint density at radius 3 is 2.39 bits per heavy atom. The Labute approximate surface area is 113 Å². The van der Waals surface area contributed by atoms with Crippen LogP contribution in [0.2, 0.25) is 0 Å². The normalized spacial score (nSPS) is 14.6. The van der Waals surface area contributed by atoms with Crippen molar-refractivity contribution in [3.8, 4) is 0 Å². The van der Waals surface area contributed by atoms with E-state index in [9.17, 15) is 4.79 Å². The number of rotatable bonds is 10. The van der Waals surface area contributed by atoms with E-state index in [2.05, 4.69) is 33.0 Å². The Hall–Kier alpha value is -0.570. The molecule has 2 atom stereocenters. The van der Waals surface area contributed by atoms with Gasteiger partial charge >= 0.3 is 0 Å². The Morgan fingerprint density at radius 2 is 1.89 bits per heavy atom. The van der Waals surface area contributed by atoms with Gasteiger partial charge in [-0.2, -0.15) is 0 Å². The lowest BCUT2D eigenvalue weighted by atomic mass is 9.94. The van der Waals surface area contributed by atoms with Crippen molar-refractivity contribution >= 4 is 5.91 Å². The van der Waals surface area contributed by atoms with Crippen LogP contribution < -0.4 is 11.1 Å². The van der Waals surface area contributed by atoms with Crippen molar-refractivity contribution in [3.63, 3.8) is 0 Å². The van der Waals surface area contributed by atoms with Crippen LogP contribution in [-0.4, -0.2) is 18.5 Å². The molecule has 0 rings (SSSR count). The zero-order chi connectivity index (χ0) is 14.0. The molecular weight excluding hydrogens is 224 g/mol. The molecule has 18 heavy (non-hydrogen) atoms. The van der Waals surface area contributed by atoms with Crippen molar-refractivity contribution in [3.05, 3.63) is 0 Å². The van der Waals surface area contributed by atoms with Crippen LogP contribution in [0.25, 0.3) is 0 Å². The van der Waals surface area contributed by atoms with Crippen LogP contribution >= 0.6 is 0 Å². The summed E-state index contributed by atoms with van der Waals surface area (Å²) in [6.07, 6.45) is 6.37. The third kappa shape index (κ3) is 9.46. The van der Waals surface area contributed by atoms with Crippen LogP contribution in [0.3, 0.4) is 0 Å². The predicted octanol–water partition coefficient (Wildman–Crippen LogP) is 3.08. The summed E-state index contributed by atoms with van der Waals surface area (Å²) in [5.41, 5.74) is 5.72. The number of nitrogens with one attached hydrogen (secondary N) is 1. The first-order valence-corrected chi connectivity index (χ1v) is 7.49. The number of hydrogen-bond donors (Lipinski definition) is 2. The Balaban J connectivity index is 3.85. The molecule has 0 saturated heterocycles. The average molecular weight is 256 g/mol. The summed E-state index contributed by atoms with van der Waals surface area (Å²) in [6.45, 7) is 9.24. The second kappa shape index (κ2) is 10.4. The van der Waals surface area contributed by atoms with Crippen molar-refractivity contribution in [1.82, 2.24) is 5.32 Å². The minimum absolute atomic E-state index is 0.162. The SMILES string of the molecule is CCCCCC(C)NC(=O)C[C@@H](CN)CC(C)C. The average Bonchev–Trinajstić information content (AvgIpc) is 2.27. The molecule has 0 aliphatic heterocycles. The number of carbonyl (C=O) groups is 1. The van der Waals surface area contributed by atoms with E-state index in [0.717, 1.165) is 12.8 Å². The summed E-state index contributed by atoms with van der Waals surface area (Å²) in [4.78, 5) is 11.9. The number of amides is 1. The molecule has 0 aliphatic carbocycles. The van der Waals surface area contributed by atoms with E-state index in [0.29, 0.717) is 30.8 Å². The fourth-order valence-corrected chi connectivity index (χ4v) is 2.30. The highest BCUT2D eigenvalue weighted by atomic mass is 16.1. The van der Waals surface area contributed by atoms with Gasteiger partial charge in [-0.05, 0) is 38.1 Å². The topological polar surface area (TPSA) is 55.1 Å². The number of hydrogen-bond acceptors (Lipinski definition) is 2. The highest BCUT2D eigenvalue weighted by Crippen LogP contribution is 2.14. The van der Waals surface area contributed by atoms with Gasteiger partial charge in [-0.25, -0.2) is 0 Å². The van der Waals surface area contributed by atoms with Gasteiger partial charge in [0, 0.05) is 12.5 Å². The molecule has 0 aromatic rings.